The van der Waals surface area contributed by atoms with Crippen LogP contribution in [0.4, 0.5) is 5.69 Å². The molecule has 0 bridgehead atoms. The van der Waals surface area contributed by atoms with Crippen molar-refractivity contribution in [3.63, 3.8) is 0 Å². The molecule has 1 atom stereocenters. The van der Waals surface area contributed by atoms with Crippen LogP contribution in [0.2, 0.25) is 0 Å². The van der Waals surface area contributed by atoms with Crippen LogP contribution in [-0.4, -0.2) is 55.8 Å². The third-order valence-corrected chi connectivity index (χ3v) is 5.88. The number of methoxy groups -OCH3 is 1. The molecule has 1 heterocycles. The monoisotopic (exact) mass is 444 g/mol. The Hall–Kier alpha value is -3.40. The first-order valence-corrected chi connectivity index (χ1v) is 11.3. The maximum absolute atomic E-state index is 13.0. The summed E-state index contributed by atoms with van der Waals surface area (Å²) >= 11 is 0. The maximum Gasteiger partial charge on any atom is 0.246 e. The Kier molecular flexibility index (Phi) is 6.59. The van der Waals surface area contributed by atoms with E-state index in [1.54, 1.807) is 75.7 Å². The molecule has 9 nitrogen and oxygen atoms in total. The number of hydrogen-bond acceptors (Lipinski definition) is 7. The number of likely N-dealkylation sites (N-methyl/N-ethyl adjacent to an activating group) is 1. The van der Waals surface area contributed by atoms with Gasteiger partial charge in [-0.3, -0.25) is 9.10 Å². The molecule has 2 aromatic carbocycles. The molecule has 0 aliphatic rings. The lowest BCUT2D eigenvalue weighted by atomic mass is 10.2. The molecule has 0 aliphatic carbocycles. The third kappa shape index (κ3) is 5.21. The lowest BCUT2D eigenvalue weighted by molar-refractivity contribution is -0.131. The maximum atomic E-state index is 13.0. The molecule has 0 unspecified atom stereocenters. The lowest BCUT2D eigenvalue weighted by Gasteiger charge is -2.30. The first-order valence-electron chi connectivity index (χ1n) is 9.47. The van der Waals surface area contributed by atoms with Gasteiger partial charge in [-0.15, -0.1) is 0 Å². The van der Waals surface area contributed by atoms with Gasteiger partial charge in [0.05, 0.1) is 25.6 Å². The van der Waals surface area contributed by atoms with Gasteiger partial charge in [-0.2, -0.15) is 4.98 Å². The molecule has 1 amide bonds. The van der Waals surface area contributed by atoms with Crippen molar-refractivity contribution in [1.82, 2.24) is 15.0 Å². The van der Waals surface area contributed by atoms with Gasteiger partial charge in [0.15, 0.2) is 0 Å². The summed E-state index contributed by atoms with van der Waals surface area (Å²) in [5.74, 6) is 0.923. The summed E-state index contributed by atoms with van der Waals surface area (Å²) in [6, 6.07) is 14.7. The standard InChI is InChI=1S/C21H24N4O5S/c1-15(25(31(4,27)28)17-8-6-5-7-9-17)21(26)24(2)14-19-22-20(23-30-19)16-10-12-18(29-3)13-11-16/h5-13,15H,14H2,1-4H3/t15-/m0/s1. The molecular weight excluding hydrogens is 420 g/mol. The van der Waals surface area contributed by atoms with Gasteiger partial charge in [0.25, 0.3) is 0 Å². The van der Waals surface area contributed by atoms with Gasteiger partial charge >= 0.3 is 0 Å². The number of sulfonamides is 1. The van der Waals surface area contributed by atoms with Crippen LogP contribution >= 0.6 is 0 Å². The zero-order chi connectivity index (χ0) is 22.6. The van der Waals surface area contributed by atoms with Crippen LogP contribution in [0.25, 0.3) is 11.4 Å². The van der Waals surface area contributed by atoms with Gasteiger partial charge in [-0.25, -0.2) is 8.42 Å². The summed E-state index contributed by atoms with van der Waals surface area (Å²) in [4.78, 5) is 18.7. The Morgan fingerprint density at radius 1 is 1.13 bits per heavy atom. The highest BCUT2D eigenvalue weighted by molar-refractivity contribution is 7.92. The van der Waals surface area contributed by atoms with Crippen LogP contribution in [0.5, 0.6) is 5.75 Å². The van der Waals surface area contributed by atoms with E-state index in [-0.39, 0.29) is 12.4 Å². The van der Waals surface area contributed by atoms with Crippen LogP contribution in [0.3, 0.4) is 0 Å². The average molecular weight is 445 g/mol. The number of amides is 1. The molecule has 3 aromatic rings. The second-order valence-electron chi connectivity index (χ2n) is 7.00. The number of carbonyl (C=O) groups excluding carboxylic acids is 1. The summed E-state index contributed by atoms with van der Waals surface area (Å²) < 4.78 is 36.2. The van der Waals surface area contributed by atoms with E-state index in [4.69, 9.17) is 9.26 Å². The molecule has 164 valence electrons. The quantitative estimate of drug-likeness (QED) is 0.526. The molecule has 0 saturated heterocycles. The summed E-state index contributed by atoms with van der Waals surface area (Å²) in [6.07, 6.45) is 1.07. The predicted molar refractivity (Wildman–Crippen MR) is 116 cm³/mol. The lowest BCUT2D eigenvalue weighted by Crippen LogP contribution is -2.48. The van der Waals surface area contributed by atoms with Gasteiger partial charge in [-0.1, -0.05) is 23.4 Å². The SMILES string of the molecule is COc1ccc(-c2noc(CN(C)C(=O)[C@H](C)N(c3ccccc3)S(C)(=O)=O)n2)cc1. The number of anilines is 1. The number of hydrogen-bond donors (Lipinski definition) is 0. The summed E-state index contributed by atoms with van der Waals surface area (Å²) in [5.41, 5.74) is 1.16. The molecule has 0 radical (unpaired) electrons. The van der Waals surface area contributed by atoms with E-state index >= 15 is 0 Å². The Morgan fingerprint density at radius 2 is 1.77 bits per heavy atom. The Morgan fingerprint density at radius 3 is 2.35 bits per heavy atom. The van der Waals surface area contributed by atoms with Crippen molar-refractivity contribution in [2.75, 3.05) is 24.7 Å². The number of para-hydroxylation sites is 1. The number of aromatic nitrogens is 2. The van der Waals surface area contributed by atoms with Crippen LogP contribution in [-0.2, 0) is 21.4 Å². The molecule has 0 aliphatic heterocycles. The van der Waals surface area contributed by atoms with Crippen molar-refractivity contribution in [2.24, 2.45) is 0 Å². The molecule has 3 rings (SSSR count). The van der Waals surface area contributed by atoms with Crippen LogP contribution in [0.1, 0.15) is 12.8 Å². The molecule has 0 fully saturated rings. The van der Waals surface area contributed by atoms with E-state index in [0.717, 1.165) is 16.1 Å². The smallest absolute Gasteiger partial charge is 0.246 e. The van der Waals surface area contributed by atoms with Gasteiger partial charge in [0.2, 0.25) is 27.6 Å². The summed E-state index contributed by atoms with van der Waals surface area (Å²) in [7, 11) is -0.544. The fourth-order valence-electron chi connectivity index (χ4n) is 3.15. The largest absolute Gasteiger partial charge is 0.497 e. The Balaban J connectivity index is 1.74. The first-order chi connectivity index (χ1) is 14.7. The number of ether oxygens (including phenoxy) is 1. The van der Waals surface area contributed by atoms with E-state index in [1.165, 1.54) is 4.90 Å². The average Bonchev–Trinajstić information content (AvgIpc) is 3.21. The Labute approximate surface area is 181 Å². The normalized spacial score (nSPS) is 12.3. The van der Waals surface area contributed by atoms with Crippen molar-refractivity contribution in [2.45, 2.75) is 19.5 Å². The zero-order valence-corrected chi connectivity index (χ0v) is 18.5. The summed E-state index contributed by atoms with van der Waals surface area (Å²) in [6.45, 7) is 1.59. The van der Waals surface area contributed by atoms with E-state index < -0.39 is 22.0 Å². The second-order valence-corrected chi connectivity index (χ2v) is 8.86. The molecule has 10 heteroatoms. The Bertz CT molecular complexity index is 1130. The van der Waals surface area contributed by atoms with E-state index in [9.17, 15) is 13.2 Å². The third-order valence-electron chi connectivity index (χ3n) is 4.64. The van der Waals surface area contributed by atoms with Crippen molar-refractivity contribution in [3.05, 3.63) is 60.5 Å². The highest BCUT2D eigenvalue weighted by atomic mass is 32.2. The van der Waals surface area contributed by atoms with E-state index in [1.807, 2.05) is 0 Å². The highest BCUT2D eigenvalue weighted by Crippen LogP contribution is 2.22. The molecule has 1 aromatic heterocycles. The number of rotatable bonds is 8. The van der Waals surface area contributed by atoms with Crippen molar-refractivity contribution in [3.8, 4) is 17.1 Å². The number of carbonyl (C=O) groups is 1. The van der Waals surface area contributed by atoms with Crippen LogP contribution in [0.15, 0.2) is 59.1 Å². The second kappa shape index (κ2) is 9.17. The summed E-state index contributed by atoms with van der Waals surface area (Å²) in [5, 5.41) is 3.95. The molecule has 0 spiro atoms. The van der Waals surface area contributed by atoms with Crippen molar-refractivity contribution >= 4 is 21.6 Å². The number of benzene rings is 2. The fraction of sp³-hybridized carbons (Fsp3) is 0.286. The minimum Gasteiger partial charge on any atom is -0.497 e. The minimum absolute atomic E-state index is 0.0404. The highest BCUT2D eigenvalue weighted by Gasteiger charge is 2.31. The topological polar surface area (TPSA) is 106 Å². The van der Waals surface area contributed by atoms with E-state index in [2.05, 4.69) is 10.1 Å². The molecule has 31 heavy (non-hydrogen) atoms. The minimum atomic E-state index is -3.68. The predicted octanol–water partition coefficient (Wildman–Crippen LogP) is 2.56. The van der Waals surface area contributed by atoms with Crippen LogP contribution < -0.4 is 9.04 Å². The molecule has 0 saturated carbocycles. The van der Waals surface area contributed by atoms with Crippen molar-refractivity contribution < 1.29 is 22.5 Å². The van der Waals surface area contributed by atoms with Gasteiger partial charge in [0, 0.05) is 12.6 Å². The zero-order valence-electron chi connectivity index (χ0n) is 17.7. The van der Waals surface area contributed by atoms with E-state index in [0.29, 0.717) is 17.3 Å². The molecular formula is C21H24N4O5S. The van der Waals surface area contributed by atoms with Crippen molar-refractivity contribution in [1.29, 1.82) is 0 Å². The van der Waals surface area contributed by atoms with Gasteiger partial charge < -0.3 is 14.2 Å². The number of nitrogens with zero attached hydrogens (tertiary/aromatic N) is 4. The van der Waals surface area contributed by atoms with Crippen LogP contribution in [0, 0.1) is 0 Å². The van der Waals surface area contributed by atoms with Gasteiger partial charge in [-0.05, 0) is 43.3 Å². The molecule has 0 N–H and O–H groups in total. The van der Waals surface area contributed by atoms with Gasteiger partial charge in [0.1, 0.15) is 11.8 Å². The first kappa shape index (κ1) is 22.3. The fourth-order valence-corrected chi connectivity index (χ4v) is 4.32.